The summed E-state index contributed by atoms with van der Waals surface area (Å²) in [7, 11) is 0. The molecule has 0 aliphatic carbocycles. The largest absolute Gasteiger partial charge is 0.364 e. The minimum atomic E-state index is -0.576. The summed E-state index contributed by atoms with van der Waals surface area (Å²) >= 11 is 5.78. The van der Waals surface area contributed by atoms with Crippen molar-refractivity contribution in [1.82, 2.24) is 9.55 Å². The van der Waals surface area contributed by atoms with E-state index in [1.54, 1.807) is 18.2 Å². The van der Waals surface area contributed by atoms with Crippen LogP contribution >= 0.6 is 11.6 Å². The Kier molecular flexibility index (Phi) is 4.28. The van der Waals surface area contributed by atoms with E-state index in [1.807, 2.05) is 10.8 Å². The summed E-state index contributed by atoms with van der Waals surface area (Å²) in [4.78, 5) is 15.8. The number of nitrogens with zero attached hydrogens (tertiary/aromatic N) is 2. The number of pyridine rings is 1. The van der Waals surface area contributed by atoms with Gasteiger partial charge < -0.3 is 10.3 Å². The third kappa shape index (κ3) is 2.76. The van der Waals surface area contributed by atoms with Gasteiger partial charge in [-0.1, -0.05) is 24.6 Å². The molecule has 1 aromatic carbocycles. The highest BCUT2D eigenvalue weighted by atomic mass is 35.5. The van der Waals surface area contributed by atoms with Crippen molar-refractivity contribution < 1.29 is 9.18 Å². The SMILES string of the molecule is CC[C@H](C)n1cc(-c2ccc(Cl)c(F)c2)c2ccc(C(N)=O)nc21. The maximum Gasteiger partial charge on any atom is 0.267 e. The van der Waals surface area contributed by atoms with Crippen LogP contribution in [0.3, 0.4) is 0 Å². The Hall–Kier alpha value is -2.40. The molecule has 0 aliphatic rings. The van der Waals surface area contributed by atoms with Gasteiger partial charge in [-0.05, 0) is 43.2 Å². The number of nitrogens with two attached hydrogens (primary N) is 1. The lowest BCUT2D eigenvalue weighted by Gasteiger charge is -2.12. The fraction of sp³-hybridized carbons (Fsp3) is 0.222. The average molecular weight is 346 g/mol. The number of aromatic nitrogens is 2. The molecule has 0 unspecified atom stereocenters. The predicted octanol–water partition coefficient (Wildman–Crippen LogP) is 4.57. The number of carbonyl (C=O) groups excluding carboxylic acids is 1. The van der Waals surface area contributed by atoms with E-state index < -0.39 is 11.7 Å². The third-order valence-corrected chi connectivity index (χ3v) is 4.53. The number of hydrogen-bond acceptors (Lipinski definition) is 2. The second-order valence-electron chi connectivity index (χ2n) is 5.77. The van der Waals surface area contributed by atoms with Gasteiger partial charge in [0.15, 0.2) is 0 Å². The molecular formula is C18H17ClFN3O. The smallest absolute Gasteiger partial charge is 0.267 e. The van der Waals surface area contributed by atoms with Gasteiger partial charge in [-0.25, -0.2) is 9.37 Å². The predicted molar refractivity (Wildman–Crippen MR) is 93.7 cm³/mol. The molecule has 0 saturated carbocycles. The molecule has 0 aliphatic heterocycles. The number of rotatable bonds is 4. The van der Waals surface area contributed by atoms with E-state index in [2.05, 4.69) is 18.8 Å². The van der Waals surface area contributed by atoms with Crippen molar-refractivity contribution in [3.8, 4) is 11.1 Å². The van der Waals surface area contributed by atoms with Crippen LogP contribution in [0.2, 0.25) is 5.02 Å². The first-order valence-electron chi connectivity index (χ1n) is 7.69. The quantitative estimate of drug-likeness (QED) is 0.753. The monoisotopic (exact) mass is 345 g/mol. The number of carbonyl (C=O) groups is 1. The first kappa shape index (κ1) is 16.5. The zero-order valence-corrected chi connectivity index (χ0v) is 14.1. The van der Waals surface area contributed by atoms with Gasteiger partial charge in [0.2, 0.25) is 0 Å². The normalized spacial score (nSPS) is 12.5. The zero-order valence-electron chi connectivity index (χ0n) is 13.4. The van der Waals surface area contributed by atoms with E-state index >= 15 is 0 Å². The number of hydrogen-bond donors (Lipinski definition) is 1. The molecule has 0 fully saturated rings. The summed E-state index contributed by atoms with van der Waals surface area (Å²) < 4.78 is 15.8. The van der Waals surface area contributed by atoms with Gasteiger partial charge in [-0.3, -0.25) is 4.79 Å². The summed E-state index contributed by atoms with van der Waals surface area (Å²) in [6.45, 7) is 4.13. The highest BCUT2D eigenvalue weighted by molar-refractivity contribution is 6.30. The highest BCUT2D eigenvalue weighted by Crippen LogP contribution is 2.33. The molecule has 1 atom stereocenters. The van der Waals surface area contributed by atoms with Gasteiger partial charge in [0, 0.05) is 23.2 Å². The van der Waals surface area contributed by atoms with Crippen molar-refractivity contribution in [3.05, 3.63) is 53.1 Å². The molecule has 3 rings (SSSR count). The lowest BCUT2D eigenvalue weighted by atomic mass is 10.1. The van der Waals surface area contributed by atoms with E-state index in [-0.39, 0.29) is 16.8 Å². The zero-order chi connectivity index (χ0) is 17.4. The first-order valence-corrected chi connectivity index (χ1v) is 8.07. The summed E-state index contributed by atoms with van der Waals surface area (Å²) in [5.41, 5.74) is 7.75. The minimum absolute atomic E-state index is 0.0820. The van der Waals surface area contributed by atoms with Crippen LogP contribution in [0.25, 0.3) is 22.2 Å². The molecule has 6 heteroatoms. The Morgan fingerprint density at radius 2 is 2.12 bits per heavy atom. The van der Waals surface area contributed by atoms with E-state index in [9.17, 15) is 9.18 Å². The van der Waals surface area contributed by atoms with Gasteiger partial charge in [0.1, 0.15) is 17.2 Å². The van der Waals surface area contributed by atoms with Crippen LogP contribution in [-0.2, 0) is 0 Å². The second kappa shape index (κ2) is 6.24. The van der Waals surface area contributed by atoms with Crippen LogP contribution in [-0.4, -0.2) is 15.5 Å². The van der Waals surface area contributed by atoms with E-state index in [0.29, 0.717) is 11.2 Å². The molecule has 0 radical (unpaired) electrons. The topological polar surface area (TPSA) is 60.9 Å². The van der Waals surface area contributed by atoms with Gasteiger partial charge in [0.25, 0.3) is 5.91 Å². The van der Waals surface area contributed by atoms with Crippen LogP contribution in [0.4, 0.5) is 4.39 Å². The molecule has 1 amide bonds. The standard InChI is InChI=1S/C18H17ClFN3O/c1-3-10(2)23-9-13(11-4-6-14(19)15(20)8-11)12-5-7-16(17(21)24)22-18(12)23/h4-10H,3H2,1-2H3,(H2,21,24)/t10-/m0/s1. The van der Waals surface area contributed by atoms with Crippen LogP contribution in [0.15, 0.2) is 36.5 Å². The highest BCUT2D eigenvalue weighted by Gasteiger charge is 2.17. The lowest BCUT2D eigenvalue weighted by molar-refractivity contribution is 0.0996. The molecule has 24 heavy (non-hydrogen) atoms. The Morgan fingerprint density at radius 1 is 1.38 bits per heavy atom. The number of fused-ring (bicyclic) bond motifs is 1. The molecule has 0 spiro atoms. The maximum absolute atomic E-state index is 13.9. The van der Waals surface area contributed by atoms with Crippen LogP contribution in [0.5, 0.6) is 0 Å². The van der Waals surface area contributed by atoms with Gasteiger partial charge in [0.05, 0.1) is 5.02 Å². The Labute approximate surface area is 144 Å². The molecule has 2 aromatic heterocycles. The van der Waals surface area contributed by atoms with Crippen LogP contribution < -0.4 is 5.73 Å². The fourth-order valence-corrected chi connectivity index (χ4v) is 2.81. The van der Waals surface area contributed by atoms with Crippen LogP contribution in [0.1, 0.15) is 36.8 Å². The first-order chi connectivity index (χ1) is 11.4. The molecule has 3 aromatic rings. The van der Waals surface area contributed by atoms with E-state index in [0.717, 1.165) is 17.4 Å². The van der Waals surface area contributed by atoms with E-state index in [1.165, 1.54) is 12.1 Å². The Morgan fingerprint density at radius 3 is 2.75 bits per heavy atom. The van der Waals surface area contributed by atoms with Crippen molar-refractivity contribution in [3.63, 3.8) is 0 Å². The number of amides is 1. The Bertz CT molecular complexity index is 935. The van der Waals surface area contributed by atoms with Crippen molar-refractivity contribution in [1.29, 1.82) is 0 Å². The summed E-state index contributed by atoms with van der Waals surface area (Å²) in [6.07, 6.45) is 2.82. The average Bonchev–Trinajstić information content (AvgIpc) is 2.95. The lowest BCUT2D eigenvalue weighted by Crippen LogP contribution is -2.13. The van der Waals surface area contributed by atoms with Crippen molar-refractivity contribution >= 4 is 28.5 Å². The molecule has 2 N–H and O–H groups in total. The maximum atomic E-state index is 13.9. The fourth-order valence-electron chi connectivity index (χ4n) is 2.69. The molecule has 4 nitrogen and oxygen atoms in total. The molecular weight excluding hydrogens is 329 g/mol. The van der Waals surface area contributed by atoms with Gasteiger partial charge in [-0.15, -0.1) is 0 Å². The molecule has 124 valence electrons. The third-order valence-electron chi connectivity index (χ3n) is 4.23. The number of benzene rings is 1. The van der Waals surface area contributed by atoms with Crippen LogP contribution in [0, 0.1) is 5.82 Å². The Balaban J connectivity index is 2.28. The minimum Gasteiger partial charge on any atom is -0.364 e. The van der Waals surface area contributed by atoms with Crippen molar-refractivity contribution in [2.75, 3.05) is 0 Å². The second-order valence-corrected chi connectivity index (χ2v) is 6.18. The van der Waals surface area contributed by atoms with Crippen molar-refractivity contribution in [2.24, 2.45) is 5.73 Å². The molecule has 0 bridgehead atoms. The summed E-state index contributed by atoms with van der Waals surface area (Å²) in [5, 5.41) is 0.917. The van der Waals surface area contributed by atoms with Crippen molar-refractivity contribution in [2.45, 2.75) is 26.3 Å². The number of primary amides is 1. The number of halogens is 2. The summed E-state index contributed by atoms with van der Waals surface area (Å²) in [5.74, 6) is -1.05. The van der Waals surface area contributed by atoms with E-state index in [4.69, 9.17) is 17.3 Å². The molecule has 2 heterocycles. The van der Waals surface area contributed by atoms with Gasteiger partial charge in [-0.2, -0.15) is 0 Å². The molecule has 0 saturated heterocycles. The summed E-state index contributed by atoms with van der Waals surface area (Å²) in [6, 6.07) is 8.26. The van der Waals surface area contributed by atoms with Gasteiger partial charge >= 0.3 is 0 Å².